The van der Waals surface area contributed by atoms with Crippen LogP contribution < -0.4 is 5.32 Å². The van der Waals surface area contributed by atoms with Crippen molar-refractivity contribution in [3.05, 3.63) is 84.2 Å². The highest BCUT2D eigenvalue weighted by Gasteiger charge is 2.29. The molecule has 2 aromatic rings. The molecule has 0 bridgehead atoms. The number of aliphatic hydroxyl groups excluding tert-OH is 1. The standard InChI is InChI=1S/C20H29F3N2O.C8H16O.C6H5F.C5H11N.C4H10.CH4O/c1-4-13-25(14-7-5-6-8-16(2)3)19(26)24-15-17-9-11-18(12-10-17)20(21,22)23;1-3-5-8(7-9)6-4-2;7-6-4-2-1-3-5-6;1-6-4-2-3-5-6;1-3-4-2;1-2/h4,9-12,16H,1,5-8,13-15H2,2-3H3,(H,24,26);7-8H,3-6H2,1-2H3;1-5H;2-5H2,1H3;3-4H2,1-2H3;2H,1H3. The Morgan fingerprint density at radius 2 is 1.41 bits per heavy atom. The van der Waals surface area contributed by atoms with Crippen LogP contribution in [0.2, 0.25) is 0 Å². The number of carbonyl (C=O) groups excluding carboxylic acids is 2. The van der Waals surface area contributed by atoms with Gasteiger partial charge >= 0.3 is 12.2 Å². The monoisotopic (exact) mass is 770 g/mol. The van der Waals surface area contributed by atoms with E-state index in [2.05, 4.69) is 65.4 Å². The maximum absolute atomic E-state index is 12.6. The first kappa shape index (κ1) is 55.1. The molecule has 1 fully saturated rings. The SMILES string of the molecule is C=CCN(CCCCCC(C)C)C(=O)NCc1ccc(C(F)(F)F)cc1.CCCC.CCCC(C=O)CCC.CN1CCCC1.CO.Fc1ccccc1. The van der Waals surface area contributed by atoms with Gasteiger partial charge in [-0.2, -0.15) is 13.2 Å². The van der Waals surface area contributed by atoms with Gasteiger partial charge in [-0.05, 0) is 88.0 Å². The number of amides is 2. The number of halogens is 4. The van der Waals surface area contributed by atoms with Crippen molar-refractivity contribution < 1.29 is 32.3 Å². The largest absolute Gasteiger partial charge is 0.416 e. The van der Waals surface area contributed by atoms with E-state index in [-0.39, 0.29) is 18.4 Å². The van der Waals surface area contributed by atoms with E-state index in [1.165, 1.54) is 69.5 Å². The lowest BCUT2D eigenvalue weighted by Gasteiger charge is -2.22. The van der Waals surface area contributed by atoms with Crippen LogP contribution in [0.5, 0.6) is 0 Å². The van der Waals surface area contributed by atoms with E-state index in [4.69, 9.17) is 5.11 Å². The van der Waals surface area contributed by atoms with E-state index >= 15 is 0 Å². The molecule has 1 aliphatic rings. The lowest BCUT2D eigenvalue weighted by atomic mass is 10.0. The molecular weight excluding hydrogens is 694 g/mol. The number of benzene rings is 2. The Morgan fingerprint density at radius 1 is 0.870 bits per heavy atom. The number of nitrogens with zero attached hydrogens (tertiary/aromatic N) is 2. The van der Waals surface area contributed by atoms with Crippen molar-refractivity contribution in [2.45, 2.75) is 131 Å². The summed E-state index contributed by atoms with van der Waals surface area (Å²) in [6, 6.07) is 12.5. The van der Waals surface area contributed by atoms with Crippen molar-refractivity contribution in [3.8, 4) is 0 Å². The molecule has 0 aromatic heterocycles. The topological polar surface area (TPSA) is 72.9 Å². The average molecular weight is 770 g/mol. The molecule has 1 heterocycles. The number of nitrogens with one attached hydrogen (secondary N) is 1. The molecule has 2 aromatic carbocycles. The van der Waals surface area contributed by atoms with Crippen LogP contribution >= 0.6 is 0 Å². The van der Waals surface area contributed by atoms with Crippen molar-refractivity contribution in [3.63, 3.8) is 0 Å². The van der Waals surface area contributed by atoms with Crippen LogP contribution in [0.1, 0.15) is 130 Å². The van der Waals surface area contributed by atoms with Gasteiger partial charge in [0.05, 0.1) is 5.56 Å². The summed E-state index contributed by atoms with van der Waals surface area (Å²) in [4.78, 5) is 26.6. The lowest BCUT2D eigenvalue weighted by Crippen LogP contribution is -2.40. The smallest absolute Gasteiger partial charge is 0.400 e. The zero-order valence-corrected chi connectivity index (χ0v) is 34.9. The van der Waals surface area contributed by atoms with Gasteiger partial charge in [-0.1, -0.05) is 123 Å². The molecule has 0 saturated carbocycles. The highest BCUT2D eigenvalue weighted by molar-refractivity contribution is 5.74. The molecule has 0 radical (unpaired) electrons. The third-order valence-electron chi connectivity index (χ3n) is 8.15. The summed E-state index contributed by atoms with van der Waals surface area (Å²) in [5.74, 6) is 0.841. The molecule has 0 unspecified atom stereocenters. The summed E-state index contributed by atoms with van der Waals surface area (Å²) in [6.07, 6.45) is 12.6. The number of aldehydes is 1. The third kappa shape index (κ3) is 34.5. The van der Waals surface area contributed by atoms with Crippen LogP contribution in [0.3, 0.4) is 0 Å². The maximum Gasteiger partial charge on any atom is 0.416 e. The van der Waals surface area contributed by atoms with E-state index in [0.717, 1.165) is 70.5 Å². The molecule has 54 heavy (non-hydrogen) atoms. The minimum atomic E-state index is -4.35. The Kier molecular flexibility index (Phi) is 38.8. The Morgan fingerprint density at radius 3 is 1.76 bits per heavy atom. The van der Waals surface area contributed by atoms with Crippen LogP contribution in [-0.2, 0) is 17.5 Å². The number of unbranched alkanes of at least 4 members (excludes halogenated alkanes) is 3. The zero-order chi connectivity index (χ0) is 41.6. The van der Waals surface area contributed by atoms with Gasteiger partial charge in [0.1, 0.15) is 12.1 Å². The van der Waals surface area contributed by atoms with Crippen LogP contribution in [-0.4, -0.2) is 67.6 Å². The lowest BCUT2D eigenvalue weighted by molar-refractivity contribution is -0.137. The maximum atomic E-state index is 12.6. The summed E-state index contributed by atoms with van der Waals surface area (Å²) in [6.45, 7) is 20.6. The van der Waals surface area contributed by atoms with Crippen LogP contribution in [0.15, 0.2) is 67.3 Å². The molecule has 0 spiro atoms. The molecule has 0 aliphatic carbocycles. The molecule has 2 N–H and O–H groups in total. The van der Waals surface area contributed by atoms with Gasteiger partial charge in [0.15, 0.2) is 0 Å². The number of rotatable bonds is 16. The summed E-state index contributed by atoms with van der Waals surface area (Å²) in [5.41, 5.74) is -0.0657. The zero-order valence-electron chi connectivity index (χ0n) is 34.9. The Labute approximate surface area is 326 Å². The number of hydrogen-bond donors (Lipinski definition) is 2. The Hall–Kier alpha value is -3.24. The second kappa shape index (κ2) is 38.1. The van der Waals surface area contributed by atoms with Crippen LogP contribution in [0, 0.1) is 17.7 Å². The fraction of sp³-hybridized carbons (Fsp3) is 0.636. The molecule has 1 saturated heterocycles. The highest BCUT2D eigenvalue weighted by Crippen LogP contribution is 2.29. The van der Waals surface area contributed by atoms with Gasteiger partial charge in [0.25, 0.3) is 0 Å². The van der Waals surface area contributed by atoms with Crippen LogP contribution in [0.25, 0.3) is 0 Å². The molecule has 10 heteroatoms. The molecule has 3 rings (SSSR count). The second-order valence-corrected chi connectivity index (χ2v) is 13.6. The van der Waals surface area contributed by atoms with Crippen molar-refractivity contribution >= 4 is 12.3 Å². The van der Waals surface area contributed by atoms with Crippen molar-refractivity contribution in [1.29, 1.82) is 0 Å². The molecule has 2 amide bonds. The highest BCUT2D eigenvalue weighted by atomic mass is 19.4. The number of alkyl halides is 3. The van der Waals surface area contributed by atoms with Crippen molar-refractivity contribution in [1.82, 2.24) is 15.1 Å². The normalized spacial score (nSPS) is 11.8. The van der Waals surface area contributed by atoms with Crippen molar-refractivity contribution in [2.75, 3.05) is 40.3 Å². The quantitative estimate of drug-likeness (QED) is 0.0772. The second-order valence-electron chi connectivity index (χ2n) is 13.6. The average Bonchev–Trinajstić information content (AvgIpc) is 3.65. The molecule has 1 aliphatic heterocycles. The van der Waals surface area contributed by atoms with Gasteiger partial charge in [-0.3, -0.25) is 0 Å². The Balaban J connectivity index is -0.000000744. The fourth-order valence-electron chi connectivity index (χ4n) is 4.88. The third-order valence-corrected chi connectivity index (χ3v) is 8.15. The molecule has 312 valence electrons. The minimum Gasteiger partial charge on any atom is -0.400 e. The van der Waals surface area contributed by atoms with E-state index in [9.17, 15) is 27.2 Å². The first-order valence-electron chi connectivity index (χ1n) is 19.9. The number of likely N-dealkylation sites (tertiary alicyclic amines) is 1. The minimum absolute atomic E-state index is 0.178. The van der Waals surface area contributed by atoms with Crippen LogP contribution in [0.4, 0.5) is 22.4 Å². The fourth-order valence-corrected chi connectivity index (χ4v) is 4.88. The van der Waals surface area contributed by atoms with Gasteiger partial charge in [-0.25, -0.2) is 9.18 Å². The Bertz CT molecular complexity index is 1100. The van der Waals surface area contributed by atoms with E-state index in [1.54, 1.807) is 29.2 Å². The molecule has 6 nitrogen and oxygen atoms in total. The van der Waals surface area contributed by atoms with Gasteiger partial charge < -0.3 is 25.0 Å². The predicted octanol–water partition coefficient (Wildman–Crippen LogP) is 12.0. The van der Waals surface area contributed by atoms with E-state index in [0.29, 0.717) is 30.5 Å². The first-order chi connectivity index (χ1) is 25.8. The van der Waals surface area contributed by atoms with Gasteiger partial charge in [-0.15, -0.1) is 6.58 Å². The summed E-state index contributed by atoms with van der Waals surface area (Å²) in [7, 11) is 3.17. The predicted molar refractivity (Wildman–Crippen MR) is 220 cm³/mol. The molecular formula is C44H75F4N3O3. The summed E-state index contributed by atoms with van der Waals surface area (Å²) < 4.78 is 49.6. The van der Waals surface area contributed by atoms with E-state index < -0.39 is 11.7 Å². The van der Waals surface area contributed by atoms with Gasteiger partial charge in [0, 0.05) is 32.7 Å². The number of carbonyl (C=O) groups is 2. The number of aliphatic hydroxyl groups is 1. The van der Waals surface area contributed by atoms with Gasteiger partial charge in [0.2, 0.25) is 0 Å². The summed E-state index contributed by atoms with van der Waals surface area (Å²) in [5, 5.41) is 9.76. The van der Waals surface area contributed by atoms with Crippen molar-refractivity contribution in [2.24, 2.45) is 11.8 Å². The molecule has 0 atom stereocenters. The first-order valence-corrected chi connectivity index (χ1v) is 19.9. The van der Waals surface area contributed by atoms with E-state index in [1.807, 2.05) is 0 Å². The number of urea groups is 1. The summed E-state index contributed by atoms with van der Waals surface area (Å²) >= 11 is 0. The number of hydrogen-bond acceptors (Lipinski definition) is 4.